The first-order valence-corrected chi connectivity index (χ1v) is 9.22. The van der Waals surface area contributed by atoms with Crippen LogP contribution in [0.1, 0.15) is 42.7 Å². The topological polar surface area (TPSA) is 70.2 Å². The molecule has 1 saturated carbocycles. The van der Waals surface area contributed by atoms with Gasteiger partial charge in [0.25, 0.3) is 0 Å². The Morgan fingerprint density at radius 3 is 2.73 bits per heavy atom. The molecule has 2 atom stereocenters. The summed E-state index contributed by atoms with van der Waals surface area (Å²) in [6, 6.07) is 16.2. The monoisotopic (exact) mass is 349 g/mol. The van der Waals surface area contributed by atoms with E-state index in [2.05, 4.69) is 40.2 Å². The molecule has 0 saturated heterocycles. The van der Waals surface area contributed by atoms with Crippen LogP contribution in [0.25, 0.3) is 0 Å². The molecule has 0 spiro atoms. The Balaban J connectivity index is 1.33. The van der Waals surface area contributed by atoms with Gasteiger partial charge in [-0.25, -0.2) is 4.79 Å². The van der Waals surface area contributed by atoms with Gasteiger partial charge in [-0.3, -0.25) is 4.79 Å². The second-order valence-corrected chi connectivity index (χ2v) is 7.14. The molecule has 1 heterocycles. The minimum atomic E-state index is -0.189. The van der Waals surface area contributed by atoms with Crippen molar-refractivity contribution in [2.24, 2.45) is 0 Å². The van der Waals surface area contributed by atoms with Crippen molar-refractivity contribution in [3.63, 3.8) is 0 Å². The van der Waals surface area contributed by atoms with Crippen molar-refractivity contribution >= 4 is 23.3 Å². The number of benzene rings is 2. The maximum atomic E-state index is 12.3. The first-order valence-electron chi connectivity index (χ1n) is 9.22. The molecular formula is C21H23N3O2. The lowest BCUT2D eigenvalue weighted by atomic mass is 9.98. The Morgan fingerprint density at radius 2 is 1.88 bits per heavy atom. The minimum Gasteiger partial charge on any atom is -0.335 e. The number of hydrogen-bond donors (Lipinski definition) is 3. The van der Waals surface area contributed by atoms with Gasteiger partial charge in [-0.2, -0.15) is 0 Å². The molecule has 2 aromatic rings. The number of nitrogens with one attached hydrogen (secondary N) is 3. The van der Waals surface area contributed by atoms with Crippen LogP contribution in [-0.4, -0.2) is 18.0 Å². The third kappa shape index (κ3) is 3.72. The second kappa shape index (κ2) is 7.20. The lowest BCUT2D eigenvalue weighted by Crippen LogP contribution is -2.36. The van der Waals surface area contributed by atoms with Gasteiger partial charge in [0.1, 0.15) is 0 Å². The van der Waals surface area contributed by atoms with Crippen LogP contribution in [0.5, 0.6) is 0 Å². The van der Waals surface area contributed by atoms with E-state index < -0.39 is 0 Å². The highest BCUT2D eigenvalue weighted by Crippen LogP contribution is 2.34. The molecule has 1 fully saturated rings. The third-order valence-electron chi connectivity index (χ3n) is 5.30. The van der Waals surface area contributed by atoms with Crippen molar-refractivity contribution in [2.75, 3.05) is 10.6 Å². The molecule has 0 radical (unpaired) electrons. The summed E-state index contributed by atoms with van der Waals surface area (Å²) < 4.78 is 0. The van der Waals surface area contributed by atoms with Gasteiger partial charge in [-0.15, -0.1) is 0 Å². The van der Waals surface area contributed by atoms with Gasteiger partial charge in [0.2, 0.25) is 5.91 Å². The largest absolute Gasteiger partial charge is 0.335 e. The summed E-state index contributed by atoms with van der Waals surface area (Å²) in [6.45, 7) is 0. The Kier molecular flexibility index (Phi) is 4.61. The van der Waals surface area contributed by atoms with Crippen LogP contribution in [-0.2, 0) is 11.2 Å². The molecule has 134 valence electrons. The zero-order valence-electron chi connectivity index (χ0n) is 14.6. The highest BCUT2D eigenvalue weighted by molar-refractivity contribution is 5.96. The molecular weight excluding hydrogens is 326 g/mol. The number of aryl methyl sites for hydroxylation is 1. The summed E-state index contributed by atoms with van der Waals surface area (Å²) in [7, 11) is 0. The number of carbonyl (C=O) groups excluding carboxylic acids is 2. The quantitative estimate of drug-likeness (QED) is 0.783. The van der Waals surface area contributed by atoms with Crippen molar-refractivity contribution in [3.8, 4) is 0 Å². The van der Waals surface area contributed by atoms with E-state index in [0.29, 0.717) is 18.0 Å². The Labute approximate surface area is 153 Å². The summed E-state index contributed by atoms with van der Waals surface area (Å²) in [5.41, 5.74) is 3.95. The van der Waals surface area contributed by atoms with Crippen LogP contribution < -0.4 is 16.0 Å². The van der Waals surface area contributed by atoms with Gasteiger partial charge in [-0.1, -0.05) is 36.4 Å². The molecule has 26 heavy (non-hydrogen) atoms. The molecule has 4 rings (SSSR count). The van der Waals surface area contributed by atoms with Crippen molar-refractivity contribution in [2.45, 2.75) is 44.1 Å². The normalized spacial score (nSPS) is 21.6. The second-order valence-electron chi connectivity index (χ2n) is 7.14. The van der Waals surface area contributed by atoms with Crippen LogP contribution in [0.4, 0.5) is 16.2 Å². The molecule has 0 aromatic heterocycles. The maximum Gasteiger partial charge on any atom is 0.319 e. The minimum absolute atomic E-state index is 0.0250. The van der Waals surface area contributed by atoms with Gasteiger partial charge >= 0.3 is 6.03 Å². The number of hydrogen-bond acceptors (Lipinski definition) is 2. The highest BCUT2D eigenvalue weighted by atomic mass is 16.2. The smallest absolute Gasteiger partial charge is 0.319 e. The van der Waals surface area contributed by atoms with Gasteiger partial charge in [0, 0.05) is 23.8 Å². The fourth-order valence-corrected chi connectivity index (χ4v) is 3.94. The van der Waals surface area contributed by atoms with Gasteiger partial charge < -0.3 is 16.0 Å². The van der Waals surface area contributed by atoms with Crippen LogP contribution in [0, 0.1) is 0 Å². The molecule has 5 heteroatoms. The summed E-state index contributed by atoms with van der Waals surface area (Å²) >= 11 is 0. The summed E-state index contributed by atoms with van der Waals surface area (Å²) in [4.78, 5) is 23.9. The highest BCUT2D eigenvalue weighted by Gasteiger charge is 2.27. The van der Waals surface area contributed by atoms with E-state index in [1.54, 1.807) is 0 Å². The fourth-order valence-electron chi connectivity index (χ4n) is 3.94. The summed E-state index contributed by atoms with van der Waals surface area (Å²) in [5, 5.41) is 8.83. The standard InChI is InChI=1S/C21H23N3O2/c25-20-11-8-15-6-9-18(13-19(15)24-20)23-21(26)22-17-10-7-16(12-17)14-4-2-1-3-5-14/h1-6,9,13,16-17H,7-8,10-12H2,(H,24,25)(H2,22,23,26)/t16-,17+/m0/s1. The number of carbonyl (C=O) groups is 2. The zero-order chi connectivity index (χ0) is 17.9. The summed E-state index contributed by atoms with van der Waals surface area (Å²) in [5.74, 6) is 0.539. The van der Waals surface area contributed by atoms with Gasteiger partial charge in [0.15, 0.2) is 0 Å². The lowest BCUT2D eigenvalue weighted by molar-refractivity contribution is -0.116. The van der Waals surface area contributed by atoms with E-state index in [9.17, 15) is 9.59 Å². The molecule has 2 aromatic carbocycles. The zero-order valence-corrected chi connectivity index (χ0v) is 14.6. The van der Waals surface area contributed by atoms with E-state index in [1.165, 1.54) is 5.56 Å². The number of fused-ring (bicyclic) bond motifs is 1. The number of amides is 3. The predicted molar refractivity (Wildman–Crippen MR) is 102 cm³/mol. The van der Waals surface area contributed by atoms with Crippen LogP contribution >= 0.6 is 0 Å². The Hall–Kier alpha value is -2.82. The average Bonchev–Trinajstić information content (AvgIpc) is 3.10. The Morgan fingerprint density at radius 1 is 1.04 bits per heavy atom. The van der Waals surface area contributed by atoms with E-state index in [1.807, 2.05) is 24.3 Å². The van der Waals surface area contributed by atoms with Crippen LogP contribution in [0.2, 0.25) is 0 Å². The fraction of sp³-hybridized carbons (Fsp3) is 0.333. The first kappa shape index (κ1) is 16.6. The maximum absolute atomic E-state index is 12.3. The molecule has 0 bridgehead atoms. The number of urea groups is 1. The average molecular weight is 349 g/mol. The van der Waals surface area contributed by atoms with Gasteiger partial charge in [-0.05, 0) is 54.9 Å². The number of rotatable bonds is 3. The van der Waals surface area contributed by atoms with Crippen molar-refractivity contribution in [1.29, 1.82) is 0 Å². The molecule has 3 amide bonds. The van der Waals surface area contributed by atoms with E-state index in [0.717, 1.165) is 36.9 Å². The van der Waals surface area contributed by atoms with Gasteiger partial charge in [0.05, 0.1) is 0 Å². The predicted octanol–water partition coefficient (Wildman–Crippen LogP) is 4.03. The molecule has 0 unspecified atom stereocenters. The van der Waals surface area contributed by atoms with Crippen LogP contribution in [0.15, 0.2) is 48.5 Å². The molecule has 5 nitrogen and oxygen atoms in total. The third-order valence-corrected chi connectivity index (χ3v) is 5.30. The number of anilines is 2. The lowest BCUT2D eigenvalue weighted by Gasteiger charge is -2.18. The molecule has 1 aliphatic heterocycles. The van der Waals surface area contributed by atoms with E-state index in [-0.39, 0.29) is 18.0 Å². The van der Waals surface area contributed by atoms with Crippen molar-refractivity contribution in [1.82, 2.24) is 5.32 Å². The van der Waals surface area contributed by atoms with Crippen molar-refractivity contribution < 1.29 is 9.59 Å². The van der Waals surface area contributed by atoms with E-state index >= 15 is 0 Å². The molecule has 2 aliphatic rings. The Bertz CT molecular complexity index is 819. The van der Waals surface area contributed by atoms with Crippen LogP contribution in [0.3, 0.4) is 0 Å². The molecule has 1 aliphatic carbocycles. The molecule has 3 N–H and O–H groups in total. The SMILES string of the molecule is O=C1CCc2ccc(NC(=O)N[C@@H]3CC[C@H](c4ccccc4)C3)cc2N1. The van der Waals surface area contributed by atoms with Crippen molar-refractivity contribution in [3.05, 3.63) is 59.7 Å². The van der Waals surface area contributed by atoms with E-state index in [4.69, 9.17) is 0 Å². The first-order chi connectivity index (χ1) is 12.7. The summed E-state index contributed by atoms with van der Waals surface area (Å²) in [6.07, 6.45) is 4.33.